The Morgan fingerprint density at radius 3 is 2.19 bits per heavy atom. The van der Waals surface area contributed by atoms with Crippen LogP contribution < -0.4 is 0 Å². The van der Waals surface area contributed by atoms with Crippen LogP contribution in [0.25, 0.3) is 0 Å². The van der Waals surface area contributed by atoms with Crippen molar-refractivity contribution in [3.05, 3.63) is 71.8 Å². The first-order chi connectivity index (χ1) is 10.3. The average Bonchev–Trinajstić information content (AvgIpc) is 2.53. The Morgan fingerprint density at radius 2 is 1.52 bits per heavy atom. The van der Waals surface area contributed by atoms with Gasteiger partial charge in [0, 0.05) is 12.8 Å². The van der Waals surface area contributed by atoms with Crippen LogP contribution in [0, 0.1) is 0 Å². The van der Waals surface area contributed by atoms with Crippen molar-refractivity contribution in [3.8, 4) is 0 Å². The van der Waals surface area contributed by atoms with Crippen molar-refractivity contribution in [2.24, 2.45) is 0 Å². The fourth-order valence-electron chi connectivity index (χ4n) is 2.41. The Kier molecular flexibility index (Phi) is 6.17. The van der Waals surface area contributed by atoms with Crippen molar-refractivity contribution in [2.45, 2.75) is 38.2 Å². The smallest absolute Gasteiger partial charge is 0.135 e. The summed E-state index contributed by atoms with van der Waals surface area (Å²) >= 11 is 0. The molecule has 1 unspecified atom stereocenters. The third kappa shape index (κ3) is 5.52. The number of rotatable bonds is 8. The Bertz CT molecular complexity index is 534. The summed E-state index contributed by atoms with van der Waals surface area (Å²) < 4.78 is 0. The Balaban J connectivity index is 1.66. The van der Waals surface area contributed by atoms with Gasteiger partial charge >= 0.3 is 0 Å². The van der Waals surface area contributed by atoms with Crippen molar-refractivity contribution in [2.75, 3.05) is 0 Å². The summed E-state index contributed by atoms with van der Waals surface area (Å²) in [6.07, 6.45) is 3.00. The van der Waals surface area contributed by atoms with Gasteiger partial charge in [-0.05, 0) is 30.4 Å². The zero-order valence-electron chi connectivity index (χ0n) is 12.2. The van der Waals surface area contributed by atoms with Crippen molar-refractivity contribution >= 4 is 5.78 Å². The molecule has 0 aliphatic carbocycles. The Hall–Kier alpha value is -1.93. The number of benzene rings is 2. The number of aliphatic hydroxyl groups excluding tert-OH is 1. The maximum atomic E-state index is 11.9. The highest BCUT2D eigenvalue weighted by Crippen LogP contribution is 2.18. The van der Waals surface area contributed by atoms with Gasteiger partial charge in [-0.2, -0.15) is 0 Å². The second-order valence-electron chi connectivity index (χ2n) is 5.36. The van der Waals surface area contributed by atoms with Crippen LogP contribution >= 0.6 is 0 Å². The molecule has 1 atom stereocenters. The molecule has 0 aliphatic rings. The van der Waals surface area contributed by atoms with Crippen LogP contribution in [0.2, 0.25) is 0 Å². The van der Waals surface area contributed by atoms with Gasteiger partial charge in [-0.1, -0.05) is 60.7 Å². The van der Waals surface area contributed by atoms with E-state index >= 15 is 0 Å². The van der Waals surface area contributed by atoms with E-state index in [1.54, 1.807) is 0 Å². The maximum Gasteiger partial charge on any atom is 0.135 e. The fourth-order valence-corrected chi connectivity index (χ4v) is 2.41. The molecule has 110 valence electrons. The number of hydrogen-bond donors (Lipinski definition) is 1. The van der Waals surface area contributed by atoms with Gasteiger partial charge < -0.3 is 5.11 Å². The number of unbranched alkanes of at least 4 members (excludes halogenated alkanes) is 1. The van der Waals surface area contributed by atoms with Gasteiger partial charge in [0.2, 0.25) is 0 Å². The van der Waals surface area contributed by atoms with E-state index in [4.69, 9.17) is 0 Å². The monoisotopic (exact) mass is 282 g/mol. The van der Waals surface area contributed by atoms with Crippen molar-refractivity contribution in [3.63, 3.8) is 0 Å². The van der Waals surface area contributed by atoms with E-state index in [0.717, 1.165) is 24.8 Å². The second-order valence-corrected chi connectivity index (χ2v) is 5.36. The topological polar surface area (TPSA) is 37.3 Å². The summed E-state index contributed by atoms with van der Waals surface area (Å²) in [4.78, 5) is 11.9. The molecule has 21 heavy (non-hydrogen) atoms. The molecule has 1 N–H and O–H groups in total. The van der Waals surface area contributed by atoms with Crippen LogP contribution in [0.5, 0.6) is 0 Å². The quantitative estimate of drug-likeness (QED) is 0.740. The van der Waals surface area contributed by atoms with Gasteiger partial charge in [0.15, 0.2) is 0 Å². The summed E-state index contributed by atoms with van der Waals surface area (Å²) in [6, 6.07) is 19.7. The van der Waals surface area contributed by atoms with Crippen LogP contribution in [0.3, 0.4) is 0 Å². The molecule has 0 aliphatic heterocycles. The maximum absolute atomic E-state index is 11.9. The van der Waals surface area contributed by atoms with Crippen LogP contribution in [0.15, 0.2) is 60.7 Å². The number of aliphatic hydroxyl groups is 1. The summed E-state index contributed by atoms with van der Waals surface area (Å²) in [6.45, 7) is 0. The standard InChI is InChI=1S/C19H22O2/c20-18(15-19(21)17-12-5-2-6-13-17)14-8-7-11-16-9-3-1-4-10-16/h1-6,9-10,12-13,19,21H,7-8,11,14-15H2. The zero-order valence-corrected chi connectivity index (χ0v) is 12.2. The SMILES string of the molecule is O=C(CCCCc1ccccc1)CC(O)c1ccccc1. The van der Waals surface area contributed by atoms with E-state index in [-0.39, 0.29) is 12.2 Å². The van der Waals surface area contributed by atoms with Crippen LogP contribution in [-0.4, -0.2) is 10.9 Å². The molecule has 2 nitrogen and oxygen atoms in total. The molecule has 0 saturated carbocycles. The first kappa shape index (κ1) is 15.5. The lowest BCUT2D eigenvalue weighted by Crippen LogP contribution is -2.06. The Labute approximate surface area is 126 Å². The molecular weight excluding hydrogens is 260 g/mol. The first-order valence-corrected chi connectivity index (χ1v) is 7.54. The molecule has 0 fully saturated rings. The number of ketones is 1. The predicted molar refractivity (Wildman–Crippen MR) is 85.0 cm³/mol. The van der Waals surface area contributed by atoms with Gasteiger partial charge in [0.05, 0.1) is 6.10 Å². The lowest BCUT2D eigenvalue weighted by molar-refractivity contribution is -0.121. The Morgan fingerprint density at radius 1 is 0.905 bits per heavy atom. The number of carbonyl (C=O) groups is 1. The van der Waals surface area contributed by atoms with Crippen LogP contribution in [0.4, 0.5) is 0 Å². The van der Waals surface area contributed by atoms with Crippen LogP contribution in [0.1, 0.15) is 42.9 Å². The molecule has 0 saturated heterocycles. The molecule has 2 rings (SSSR count). The molecule has 0 radical (unpaired) electrons. The van der Waals surface area contributed by atoms with E-state index in [9.17, 15) is 9.90 Å². The van der Waals surface area contributed by atoms with Gasteiger partial charge in [-0.3, -0.25) is 4.79 Å². The summed E-state index contributed by atoms with van der Waals surface area (Å²) in [5.74, 6) is 0.138. The molecule has 2 aromatic rings. The number of hydrogen-bond acceptors (Lipinski definition) is 2. The molecule has 0 heterocycles. The minimum atomic E-state index is -0.673. The minimum Gasteiger partial charge on any atom is -0.388 e. The molecule has 0 spiro atoms. The first-order valence-electron chi connectivity index (χ1n) is 7.54. The van der Waals surface area contributed by atoms with Gasteiger partial charge in [-0.15, -0.1) is 0 Å². The van der Waals surface area contributed by atoms with E-state index in [1.807, 2.05) is 48.5 Å². The highest BCUT2D eigenvalue weighted by molar-refractivity contribution is 5.79. The molecule has 0 aromatic heterocycles. The fraction of sp³-hybridized carbons (Fsp3) is 0.316. The average molecular weight is 282 g/mol. The number of Topliss-reactive ketones (excluding diaryl/α,β-unsaturated/α-hetero) is 1. The van der Waals surface area contributed by atoms with Crippen molar-refractivity contribution in [1.29, 1.82) is 0 Å². The van der Waals surface area contributed by atoms with Crippen molar-refractivity contribution in [1.82, 2.24) is 0 Å². The third-order valence-electron chi connectivity index (χ3n) is 3.62. The lowest BCUT2D eigenvalue weighted by Gasteiger charge is -2.10. The molecule has 0 bridgehead atoms. The number of carbonyl (C=O) groups excluding carboxylic acids is 1. The van der Waals surface area contributed by atoms with Crippen molar-refractivity contribution < 1.29 is 9.90 Å². The number of aryl methyl sites for hydroxylation is 1. The van der Waals surface area contributed by atoms with Gasteiger partial charge in [-0.25, -0.2) is 0 Å². The van der Waals surface area contributed by atoms with E-state index in [2.05, 4.69) is 12.1 Å². The van der Waals surface area contributed by atoms with E-state index in [1.165, 1.54) is 5.56 Å². The third-order valence-corrected chi connectivity index (χ3v) is 3.62. The lowest BCUT2D eigenvalue weighted by atomic mass is 10.0. The van der Waals surface area contributed by atoms with E-state index < -0.39 is 6.10 Å². The summed E-state index contributed by atoms with van der Waals surface area (Å²) in [5, 5.41) is 10.0. The minimum absolute atomic E-state index is 0.138. The van der Waals surface area contributed by atoms with Gasteiger partial charge in [0.1, 0.15) is 5.78 Å². The highest BCUT2D eigenvalue weighted by Gasteiger charge is 2.12. The molecule has 0 amide bonds. The molecule has 2 aromatic carbocycles. The van der Waals surface area contributed by atoms with Crippen LogP contribution in [-0.2, 0) is 11.2 Å². The van der Waals surface area contributed by atoms with E-state index in [0.29, 0.717) is 6.42 Å². The normalized spacial score (nSPS) is 12.0. The molecule has 2 heteroatoms. The largest absolute Gasteiger partial charge is 0.388 e. The highest BCUT2D eigenvalue weighted by atomic mass is 16.3. The summed E-state index contributed by atoms with van der Waals surface area (Å²) in [7, 11) is 0. The molecular formula is C19H22O2. The second kappa shape index (κ2) is 8.38. The predicted octanol–water partition coefficient (Wildman–Crippen LogP) is 4.09. The van der Waals surface area contributed by atoms with Gasteiger partial charge in [0.25, 0.3) is 0 Å². The zero-order chi connectivity index (χ0) is 14.9. The summed E-state index contributed by atoms with van der Waals surface area (Å²) in [5.41, 5.74) is 2.13.